The highest BCUT2D eigenvalue weighted by molar-refractivity contribution is 5.94. The number of amides is 1. The monoisotopic (exact) mass is 354 g/mol. The molecule has 1 fully saturated rings. The Kier molecular flexibility index (Phi) is 6.35. The molecule has 0 aromatic heterocycles. The molecule has 0 saturated carbocycles. The van der Waals surface area contributed by atoms with Gasteiger partial charge in [-0.2, -0.15) is 0 Å². The molecule has 24 heavy (non-hydrogen) atoms. The van der Waals surface area contributed by atoms with Gasteiger partial charge in [0.1, 0.15) is 17.6 Å². The average molecular weight is 355 g/mol. The molecule has 0 radical (unpaired) electrons. The summed E-state index contributed by atoms with van der Waals surface area (Å²) < 4.78 is 11.5. The van der Waals surface area contributed by atoms with Crippen LogP contribution in [0.15, 0.2) is 12.1 Å². The van der Waals surface area contributed by atoms with Gasteiger partial charge in [-0.15, -0.1) is 12.4 Å². The van der Waals surface area contributed by atoms with Crippen molar-refractivity contribution in [2.45, 2.75) is 52.2 Å². The fourth-order valence-electron chi connectivity index (χ4n) is 3.42. The van der Waals surface area contributed by atoms with Gasteiger partial charge >= 0.3 is 0 Å². The Labute approximate surface area is 149 Å². The lowest BCUT2D eigenvalue weighted by atomic mass is 9.92. The smallest absolute Gasteiger partial charge is 0.227 e. The summed E-state index contributed by atoms with van der Waals surface area (Å²) in [6.45, 7) is 7.59. The predicted molar refractivity (Wildman–Crippen MR) is 97.5 cm³/mol. The Morgan fingerprint density at radius 1 is 1.42 bits per heavy atom. The van der Waals surface area contributed by atoms with Crippen LogP contribution in [0.3, 0.4) is 0 Å². The van der Waals surface area contributed by atoms with E-state index >= 15 is 0 Å². The van der Waals surface area contributed by atoms with E-state index in [9.17, 15) is 4.79 Å². The largest absolute Gasteiger partial charge is 0.492 e. The van der Waals surface area contributed by atoms with E-state index in [-0.39, 0.29) is 30.3 Å². The van der Waals surface area contributed by atoms with E-state index in [4.69, 9.17) is 9.47 Å². The average Bonchev–Trinajstić information content (AvgIpc) is 2.87. The fourth-order valence-corrected chi connectivity index (χ4v) is 3.42. The molecule has 0 aliphatic carbocycles. The number of rotatable bonds is 4. The summed E-state index contributed by atoms with van der Waals surface area (Å²) in [6, 6.07) is 4.30. The van der Waals surface area contributed by atoms with Crippen molar-refractivity contribution in [2.24, 2.45) is 5.92 Å². The molecular formula is C18H27ClN2O3. The highest BCUT2D eigenvalue weighted by Crippen LogP contribution is 2.38. The number of carbonyl (C=O) groups excluding carboxylic acids is 1. The zero-order valence-electron chi connectivity index (χ0n) is 14.6. The van der Waals surface area contributed by atoms with Gasteiger partial charge in [0.25, 0.3) is 0 Å². The van der Waals surface area contributed by atoms with Crippen LogP contribution in [0.5, 0.6) is 11.5 Å². The second-order valence-corrected chi connectivity index (χ2v) is 6.59. The second-order valence-electron chi connectivity index (χ2n) is 6.59. The minimum Gasteiger partial charge on any atom is -0.492 e. The first kappa shape index (κ1) is 18.9. The van der Waals surface area contributed by atoms with Gasteiger partial charge in [-0.25, -0.2) is 0 Å². The molecule has 2 aliphatic rings. The van der Waals surface area contributed by atoms with Crippen LogP contribution in [0.1, 0.15) is 39.2 Å². The van der Waals surface area contributed by atoms with Crippen LogP contribution in [0.25, 0.3) is 0 Å². The first-order valence-corrected chi connectivity index (χ1v) is 8.57. The van der Waals surface area contributed by atoms with Gasteiger partial charge in [0.05, 0.1) is 12.3 Å². The van der Waals surface area contributed by atoms with E-state index in [0.29, 0.717) is 12.6 Å². The zero-order valence-corrected chi connectivity index (χ0v) is 15.4. The summed E-state index contributed by atoms with van der Waals surface area (Å²) in [7, 11) is 0. The van der Waals surface area contributed by atoms with Crippen LogP contribution >= 0.6 is 12.4 Å². The van der Waals surface area contributed by atoms with Crippen molar-refractivity contribution in [1.82, 2.24) is 5.32 Å². The maximum atomic E-state index is 12.6. The number of fused-ring (bicyclic) bond motifs is 1. The lowest BCUT2D eigenvalue weighted by Crippen LogP contribution is -2.40. The van der Waals surface area contributed by atoms with Crippen LogP contribution in [-0.4, -0.2) is 31.2 Å². The SMILES string of the molecule is CCOc1cc2c(cc1NC(=O)[C@H]1CCN[C@@H](C)C1)OC(C)C2.Cl. The lowest BCUT2D eigenvalue weighted by Gasteiger charge is -2.27. The highest BCUT2D eigenvalue weighted by Gasteiger charge is 2.27. The lowest BCUT2D eigenvalue weighted by molar-refractivity contribution is -0.120. The molecule has 0 bridgehead atoms. The first-order valence-electron chi connectivity index (χ1n) is 8.57. The topological polar surface area (TPSA) is 59.6 Å². The number of nitrogens with one attached hydrogen (secondary N) is 2. The van der Waals surface area contributed by atoms with E-state index in [1.54, 1.807) is 0 Å². The van der Waals surface area contributed by atoms with Crippen LogP contribution in [0, 0.1) is 5.92 Å². The van der Waals surface area contributed by atoms with Crippen LogP contribution in [-0.2, 0) is 11.2 Å². The molecule has 5 nitrogen and oxygen atoms in total. The predicted octanol–water partition coefficient (Wildman–Crippen LogP) is 3.16. The number of carbonyl (C=O) groups is 1. The summed E-state index contributed by atoms with van der Waals surface area (Å²) in [5.41, 5.74) is 1.87. The first-order chi connectivity index (χ1) is 11.1. The standard InChI is InChI=1S/C18H26N2O3.ClH/c1-4-22-17-9-14-8-12(3)23-16(14)10-15(17)20-18(21)13-5-6-19-11(2)7-13;/h9-13,19H,4-8H2,1-3H3,(H,20,21);1H/t11-,12?,13-;/m0./s1. The molecule has 3 atom stereocenters. The molecule has 1 aromatic rings. The maximum Gasteiger partial charge on any atom is 0.227 e. The van der Waals surface area contributed by atoms with Crippen molar-refractivity contribution in [1.29, 1.82) is 0 Å². The molecule has 134 valence electrons. The van der Waals surface area contributed by atoms with Crippen LogP contribution in [0.4, 0.5) is 5.69 Å². The summed E-state index contributed by atoms with van der Waals surface area (Å²) in [5.74, 6) is 1.72. The molecule has 2 heterocycles. The molecular weight excluding hydrogens is 328 g/mol. The minimum absolute atomic E-state index is 0. The maximum absolute atomic E-state index is 12.6. The highest BCUT2D eigenvalue weighted by atomic mass is 35.5. The van der Waals surface area contributed by atoms with Crippen molar-refractivity contribution in [3.05, 3.63) is 17.7 Å². The Morgan fingerprint density at radius 3 is 2.92 bits per heavy atom. The molecule has 1 amide bonds. The van der Waals surface area contributed by atoms with Crippen molar-refractivity contribution in [2.75, 3.05) is 18.5 Å². The molecule has 0 spiro atoms. The number of anilines is 1. The number of benzene rings is 1. The van der Waals surface area contributed by atoms with Crippen molar-refractivity contribution in [3.8, 4) is 11.5 Å². The van der Waals surface area contributed by atoms with Crippen LogP contribution in [0.2, 0.25) is 0 Å². The molecule has 1 saturated heterocycles. The summed E-state index contributed by atoms with van der Waals surface area (Å²) in [4.78, 5) is 12.6. The molecule has 3 rings (SSSR count). The third kappa shape index (κ3) is 4.14. The summed E-state index contributed by atoms with van der Waals surface area (Å²) >= 11 is 0. The summed E-state index contributed by atoms with van der Waals surface area (Å²) in [6.07, 6.45) is 2.80. The van der Waals surface area contributed by atoms with Crippen molar-refractivity contribution in [3.63, 3.8) is 0 Å². The van der Waals surface area contributed by atoms with Gasteiger partial charge in [-0.3, -0.25) is 4.79 Å². The fraction of sp³-hybridized carbons (Fsp3) is 0.611. The number of hydrogen-bond donors (Lipinski definition) is 2. The Bertz CT molecular complexity index is 594. The quantitative estimate of drug-likeness (QED) is 0.872. The third-order valence-corrected chi connectivity index (χ3v) is 4.55. The van der Waals surface area contributed by atoms with Crippen LogP contribution < -0.4 is 20.1 Å². The molecule has 2 aliphatic heterocycles. The Balaban J connectivity index is 0.00000208. The van der Waals surface area contributed by atoms with Gasteiger partial charge in [-0.05, 0) is 46.2 Å². The van der Waals surface area contributed by atoms with Gasteiger partial charge in [0.15, 0.2) is 0 Å². The van der Waals surface area contributed by atoms with Crippen molar-refractivity contribution >= 4 is 24.0 Å². The molecule has 2 N–H and O–H groups in total. The normalized spacial score (nSPS) is 25.2. The van der Waals surface area contributed by atoms with E-state index in [1.165, 1.54) is 0 Å². The number of piperidine rings is 1. The van der Waals surface area contributed by atoms with E-state index < -0.39 is 0 Å². The number of ether oxygens (including phenoxy) is 2. The minimum atomic E-state index is 0. The van der Waals surface area contributed by atoms with Crippen molar-refractivity contribution < 1.29 is 14.3 Å². The van der Waals surface area contributed by atoms with E-state index in [1.807, 2.05) is 19.1 Å². The van der Waals surface area contributed by atoms with E-state index in [0.717, 1.165) is 48.6 Å². The molecule has 6 heteroatoms. The van der Waals surface area contributed by atoms with Gasteiger partial charge in [0, 0.05) is 30.0 Å². The van der Waals surface area contributed by atoms with Gasteiger partial charge in [-0.1, -0.05) is 0 Å². The summed E-state index contributed by atoms with van der Waals surface area (Å²) in [5, 5.41) is 6.43. The molecule has 1 aromatic carbocycles. The number of hydrogen-bond acceptors (Lipinski definition) is 4. The molecule has 1 unspecified atom stereocenters. The Morgan fingerprint density at radius 2 is 2.21 bits per heavy atom. The van der Waals surface area contributed by atoms with E-state index in [2.05, 4.69) is 24.5 Å². The van der Waals surface area contributed by atoms with Gasteiger partial charge < -0.3 is 20.1 Å². The Hall–Kier alpha value is -1.46. The second kappa shape index (κ2) is 8.08. The third-order valence-electron chi connectivity index (χ3n) is 4.55. The number of halogens is 1. The zero-order chi connectivity index (χ0) is 16.4. The van der Waals surface area contributed by atoms with Gasteiger partial charge in [0.2, 0.25) is 5.91 Å².